The van der Waals surface area contributed by atoms with Gasteiger partial charge in [-0.2, -0.15) is 0 Å². The van der Waals surface area contributed by atoms with Crippen LogP contribution in [0.1, 0.15) is 56.1 Å². The number of ether oxygens (including phenoxy) is 1. The second-order valence-corrected chi connectivity index (χ2v) is 10.1. The molecule has 0 bridgehead atoms. The Bertz CT molecular complexity index is 1470. The second kappa shape index (κ2) is 13.9. The minimum absolute atomic E-state index is 0.0284. The van der Waals surface area contributed by atoms with Gasteiger partial charge in [-0.3, -0.25) is 14.4 Å². The molecule has 9 heteroatoms. The van der Waals surface area contributed by atoms with Crippen LogP contribution in [0.4, 0.5) is 8.78 Å². The minimum atomic E-state index is -0.346. The molecule has 0 saturated heterocycles. The molecule has 0 fully saturated rings. The number of aldehydes is 1. The first kappa shape index (κ1) is 29.9. The number of hydrogen-bond donors (Lipinski definition) is 1. The predicted octanol–water partition coefficient (Wildman–Crippen LogP) is 8.29. The molecule has 39 heavy (non-hydrogen) atoms. The van der Waals surface area contributed by atoms with E-state index in [1.807, 2.05) is 6.07 Å². The Morgan fingerprint density at radius 1 is 0.897 bits per heavy atom. The number of phenolic OH excluding ortho intramolecular Hbond substituents is 1. The summed E-state index contributed by atoms with van der Waals surface area (Å²) in [6, 6.07) is 21.6. The molecule has 5 rings (SSSR count). The van der Waals surface area contributed by atoms with Gasteiger partial charge in [-0.1, -0.05) is 44.0 Å². The number of hydrogen-bond acceptors (Lipinski definition) is 5. The zero-order valence-electron chi connectivity index (χ0n) is 20.5. The first-order chi connectivity index (χ1) is 18.6. The first-order valence-electron chi connectivity index (χ1n) is 11.5. The van der Waals surface area contributed by atoms with E-state index in [0.29, 0.717) is 28.7 Å². The zero-order valence-corrected chi connectivity index (χ0v) is 23.7. The number of fused-ring (bicyclic) bond motifs is 1. The lowest BCUT2D eigenvalue weighted by atomic mass is 9.96. The molecule has 0 aromatic heterocycles. The normalized spacial score (nSPS) is 13.5. The lowest BCUT2D eigenvalue weighted by molar-refractivity contribution is 0.0849. The van der Waals surface area contributed by atoms with Gasteiger partial charge in [-0.25, -0.2) is 8.78 Å². The van der Waals surface area contributed by atoms with Crippen LogP contribution in [-0.4, -0.2) is 23.0 Å². The molecule has 200 valence electrons. The molecule has 0 amide bonds. The first-order valence-corrected chi connectivity index (χ1v) is 13.1. The highest BCUT2D eigenvalue weighted by atomic mass is 79.9. The van der Waals surface area contributed by atoms with E-state index in [1.54, 1.807) is 36.4 Å². The Labute approximate surface area is 240 Å². The molecule has 1 N–H and O–H groups in total. The van der Waals surface area contributed by atoms with Crippen LogP contribution in [0.5, 0.6) is 11.5 Å². The molecule has 0 radical (unpaired) electrons. The van der Waals surface area contributed by atoms with E-state index in [9.17, 15) is 23.2 Å². The standard InChI is InChI=1S/C15H10BrFO2.C8H7BrO2.C7H5FO/c16-10-3-6-14-12(7-10)13(18)8-15(19-14)9-1-4-11(17)5-2-9;1-5(10)7-4-6(9)2-3-8(7)11;8-7-3-1-6(5-9)2-4-7/h1-7,15H,8H2;2-4,11H,1H3;1-5H. The van der Waals surface area contributed by atoms with Gasteiger partial charge in [-0.15, -0.1) is 0 Å². The summed E-state index contributed by atoms with van der Waals surface area (Å²) in [5, 5.41) is 9.16. The van der Waals surface area contributed by atoms with Crippen molar-refractivity contribution in [1.29, 1.82) is 0 Å². The van der Waals surface area contributed by atoms with Gasteiger partial charge in [0.25, 0.3) is 0 Å². The number of ketones is 2. The summed E-state index contributed by atoms with van der Waals surface area (Å²) >= 11 is 6.54. The second-order valence-electron chi connectivity index (χ2n) is 8.31. The van der Waals surface area contributed by atoms with E-state index in [-0.39, 0.29) is 41.5 Å². The third-order valence-corrected chi connectivity index (χ3v) is 6.45. The number of rotatable bonds is 3. The molecule has 4 aromatic rings. The fraction of sp³-hybridized carbons (Fsp3) is 0.100. The summed E-state index contributed by atoms with van der Waals surface area (Å²) in [6.07, 6.45) is 0.607. The smallest absolute Gasteiger partial charge is 0.170 e. The van der Waals surface area contributed by atoms with Crippen LogP contribution in [0.15, 0.2) is 93.9 Å². The summed E-state index contributed by atoms with van der Waals surface area (Å²) in [4.78, 5) is 32.9. The van der Waals surface area contributed by atoms with Gasteiger partial charge < -0.3 is 9.84 Å². The SMILES string of the molecule is CC(=O)c1cc(Br)ccc1O.O=C1CC(c2ccc(F)cc2)Oc2ccc(Br)cc21.O=Cc1ccc(F)cc1. The van der Waals surface area contributed by atoms with E-state index in [2.05, 4.69) is 31.9 Å². The fourth-order valence-corrected chi connectivity index (χ4v) is 4.21. The van der Waals surface area contributed by atoms with Crippen molar-refractivity contribution < 1.29 is 33.0 Å². The molecule has 0 spiro atoms. The summed E-state index contributed by atoms with van der Waals surface area (Å²) in [5.41, 5.74) is 2.24. The number of phenols is 1. The van der Waals surface area contributed by atoms with Crippen LogP contribution in [-0.2, 0) is 0 Å². The van der Waals surface area contributed by atoms with Crippen molar-refractivity contribution in [3.05, 3.63) is 128 Å². The zero-order chi connectivity index (χ0) is 28.5. The maximum absolute atomic E-state index is 12.9. The van der Waals surface area contributed by atoms with Crippen LogP contribution >= 0.6 is 31.9 Å². The largest absolute Gasteiger partial charge is 0.507 e. The molecule has 0 saturated carbocycles. The maximum Gasteiger partial charge on any atom is 0.170 e. The van der Waals surface area contributed by atoms with Gasteiger partial charge in [0.1, 0.15) is 35.5 Å². The van der Waals surface area contributed by atoms with Crippen molar-refractivity contribution in [3.8, 4) is 11.5 Å². The molecule has 4 aromatic carbocycles. The lowest BCUT2D eigenvalue weighted by Gasteiger charge is -2.25. The molecule has 5 nitrogen and oxygen atoms in total. The van der Waals surface area contributed by atoms with Crippen molar-refractivity contribution in [1.82, 2.24) is 0 Å². The predicted molar refractivity (Wildman–Crippen MR) is 150 cm³/mol. The van der Waals surface area contributed by atoms with Gasteiger partial charge in [0.05, 0.1) is 17.5 Å². The van der Waals surface area contributed by atoms with Gasteiger partial charge in [-0.05, 0) is 85.3 Å². The topological polar surface area (TPSA) is 80.7 Å². The van der Waals surface area contributed by atoms with E-state index >= 15 is 0 Å². The average molecular weight is 660 g/mol. The average Bonchev–Trinajstić information content (AvgIpc) is 2.92. The number of benzene rings is 4. The lowest BCUT2D eigenvalue weighted by Crippen LogP contribution is -2.20. The van der Waals surface area contributed by atoms with Crippen molar-refractivity contribution in [2.24, 2.45) is 0 Å². The number of Topliss-reactive ketones (excluding diaryl/α,β-unsaturated/α-hetero) is 2. The number of carbonyl (C=O) groups is 3. The molecule has 1 heterocycles. The van der Waals surface area contributed by atoms with Crippen LogP contribution < -0.4 is 4.74 Å². The Kier molecular flexibility index (Phi) is 10.7. The number of halogens is 4. The van der Waals surface area contributed by atoms with Crippen molar-refractivity contribution in [3.63, 3.8) is 0 Å². The highest BCUT2D eigenvalue weighted by Gasteiger charge is 2.27. The van der Waals surface area contributed by atoms with Crippen LogP contribution in [0.2, 0.25) is 0 Å². The third-order valence-electron chi connectivity index (χ3n) is 5.47. The molecular weight excluding hydrogens is 638 g/mol. The van der Waals surface area contributed by atoms with E-state index < -0.39 is 0 Å². The molecule has 1 atom stereocenters. The Morgan fingerprint density at radius 2 is 1.46 bits per heavy atom. The highest BCUT2D eigenvalue weighted by molar-refractivity contribution is 9.10. The Balaban J connectivity index is 0.000000179. The fourth-order valence-electron chi connectivity index (χ4n) is 3.49. The molecule has 1 unspecified atom stereocenters. The van der Waals surface area contributed by atoms with Crippen LogP contribution in [0, 0.1) is 11.6 Å². The van der Waals surface area contributed by atoms with E-state index in [4.69, 9.17) is 9.84 Å². The molecule has 1 aliphatic heterocycles. The van der Waals surface area contributed by atoms with Gasteiger partial charge in [0.15, 0.2) is 11.6 Å². The van der Waals surface area contributed by atoms with E-state index in [0.717, 1.165) is 14.5 Å². The Morgan fingerprint density at radius 3 is 2.03 bits per heavy atom. The van der Waals surface area contributed by atoms with Crippen molar-refractivity contribution in [2.45, 2.75) is 19.4 Å². The van der Waals surface area contributed by atoms with Gasteiger partial charge in [0.2, 0.25) is 0 Å². The van der Waals surface area contributed by atoms with Crippen LogP contribution in [0.25, 0.3) is 0 Å². The van der Waals surface area contributed by atoms with E-state index in [1.165, 1.54) is 49.4 Å². The maximum atomic E-state index is 12.9. The van der Waals surface area contributed by atoms with Crippen molar-refractivity contribution >= 4 is 49.7 Å². The summed E-state index contributed by atoms with van der Waals surface area (Å²) in [5.74, 6) is -0.106. The van der Waals surface area contributed by atoms with Crippen molar-refractivity contribution in [2.75, 3.05) is 0 Å². The quantitative estimate of drug-likeness (QED) is 0.177. The molecular formula is C30H22Br2F2O5. The molecule has 1 aliphatic rings. The number of aromatic hydroxyl groups is 1. The Hall–Kier alpha value is -3.69. The summed E-state index contributed by atoms with van der Waals surface area (Å²) in [7, 11) is 0. The minimum Gasteiger partial charge on any atom is -0.507 e. The van der Waals surface area contributed by atoms with Crippen LogP contribution in [0.3, 0.4) is 0 Å². The third kappa shape index (κ3) is 8.66. The van der Waals surface area contributed by atoms with Gasteiger partial charge in [0, 0.05) is 14.5 Å². The summed E-state index contributed by atoms with van der Waals surface area (Å²) in [6.45, 7) is 1.42. The molecule has 0 aliphatic carbocycles. The highest BCUT2D eigenvalue weighted by Crippen LogP contribution is 2.36. The van der Waals surface area contributed by atoms with Gasteiger partial charge >= 0.3 is 0 Å². The monoisotopic (exact) mass is 658 g/mol. The summed E-state index contributed by atoms with van der Waals surface area (Å²) < 4.78 is 32.5. The number of carbonyl (C=O) groups excluding carboxylic acids is 3.